The van der Waals surface area contributed by atoms with Gasteiger partial charge < -0.3 is 4.57 Å². The van der Waals surface area contributed by atoms with Gasteiger partial charge in [0.2, 0.25) is 0 Å². The van der Waals surface area contributed by atoms with Crippen molar-refractivity contribution in [2.45, 2.75) is 5.88 Å². The van der Waals surface area contributed by atoms with Crippen LogP contribution in [0.1, 0.15) is 5.01 Å². The Morgan fingerprint density at radius 1 is 1.62 bits per heavy atom. The van der Waals surface area contributed by atoms with E-state index in [1.807, 2.05) is 25.5 Å². The van der Waals surface area contributed by atoms with Crippen molar-refractivity contribution in [1.82, 2.24) is 9.55 Å². The molecule has 0 atom stereocenters. The summed E-state index contributed by atoms with van der Waals surface area (Å²) in [5, 5.41) is 0.970. The molecule has 2 heterocycles. The first-order valence-corrected chi connectivity index (χ1v) is 5.28. The predicted octanol–water partition coefficient (Wildman–Crippen LogP) is 2.89. The number of aryl methyl sites for hydroxylation is 1. The molecule has 68 valence electrons. The molecule has 2 rings (SSSR count). The van der Waals surface area contributed by atoms with E-state index in [1.54, 1.807) is 11.3 Å². The van der Waals surface area contributed by atoms with Gasteiger partial charge in [-0.1, -0.05) is 0 Å². The summed E-state index contributed by atoms with van der Waals surface area (Å²) in [6.07, 6.45) is 3.90. The van der Waals surface area contributed by atoms with Crippen LogP contribution in [-0.2, 0) is 12.9 Å². The summed E-state index contributed by atoms with van der Waals surface area (Å²) in [6.45, 7) is 0. The minimum absolute atomic E-state index is 0.495. The fraction of sp³-hybridized carbons (Fsp3) is 0.222. The molecule has 2 nitrogen and oxygen atoms in total. The molecule has 2 aromatic heterocycles. The average molecular weight is 213 g/mol. The lowest BCUT2D eigenvalue weighted by molar-refractivity contribution is 0.939. The normalized spacial score (nSPS) is 10.6. The van der Waals surface area contributed by atoms with Crippen molar-refractivity contribution >= 4 is 22.9 Å². The number of nitrogens with zero attached hydrogens (tertiary/aromatic N) is 2. The Balaban J connectivity index is 2.41. The SMILES string of the molecule is Cn1cccc1-c1cnc(CCl)s1. The summed E-state index contributed by atoms with van der Waals surface area (Å²) in [6, 6.07) is 4.10. The number of thiazole rings is 1. The molecule has 4 heteroatoms. The van der Waals surface area contributed by atoms with E-state index in [-0.39, 0.29) is 0 Å². The molecule has 0 saturated carbocycles. The standard InChI is InChI=1S/C9H9ClN2S/c1-12-4-2-3-7(12)8-6-11-9(5-10)13-8/h2-4,6H,5H2,1H3. The second-order valence-electron chi connectivity index (χ2n) is 2.76. The molecule has 2 aromatic rings. The van der Waals surface area contributed by atoms with Crippen LogP contribution in [0.2, 0.25) is 0 Å². The largest absolute Gasteiger partial charge is 0.350 e. The molecule has 0 fully saturated rings. The molecule has 13 heavy (non-hydrogen) atoms. The molecule has 0 radical (unpaired) electrons. The number of alkyl halides is 1. The Hall–Kier alpha value is -0.800. The zero-order chi connectivity index (χ0) is 9.26. The molecule has 0 aliphatic heterocycles. The topological polar surface area (TPSA) is 17.8 Å². The number of rotatable bonds is 2. The van der Waals surface area contributed by atoms with Gasteiger partial charge in [-0.3, -0.25) is 0 Å². The van der Waals surface area contributed by atoms with Gasteiger partial charge in [-0.2, -0.15) is 0 Å². The van der Waals surface area contributed by atoms with Crippen LogP contribution in [0.3, 0.4) is 0 Å². The Bertz CT molecular complexity index is 405. The van der Waals surface area contributed by atoms with Crippen molar-refractivity contribution < 1.29 is 0 Å². The van der Waals surface area contributed by atoms with E-state index in [0.29, 0.717) is 5.88 Å². The third kappa shape index (κ3) is 1.62. The van der Waals surface area contributed by atoms with Gasteiger partial charge in [0.1, 0.15) is 5.01 Å². The highest BCUT2D eigenvalue weighted by atomic mass is 35.5. The smallest absolute Gasteiger partial charge is 0.108 e. The molecule has 0 aliphatic carbocycles. The minimum atomic E-state index is 0.495. The Kier molecular flexibility index (Phi) is 2.38. The van der Waals surface area contributed by atoms with Gasteiger partial charge in [0.25, 0.3) is 0 Å². The van der Waals surface area contributed by atoms with Crippen LogP contribution in [0.15, 0.2) is 24.5 Å². The molecular formula is C9H9ClN2S. The van der Waals surface area contributed by atoms with E-state index in [1.165, 1.54) is 10.6 Å². The highest BCUT2D eigenvalue weighted by Crippen LogP contribution is 2.26. The van der Waals surface area contributed by atoms with Crippen molar-refractivity contribution in [2.75, 3.05) is 0 Å². The Morgan fingerprint density at radius 2 is 2.46 bits per heavy atom. The molecule has 0 aliphatic rings. The zero-order valence-corrected chi connectivity index (χ0v) is 8.77. The van der Waals surface area contributed by atoms with E-state index in [0.717, 1.165) is 5.01 Å². The van der Waals surface area contributed by atoms with Crippen LogP contribution in [-0.4, -0.2) is 9.55 Å². The summed E-state index contributed by atoms with van der Waals surface area (Å²) in [5.41, 5.74) is 1.19. The summed E-state index contributed by atoms with van der Waals surface area (Å²) in [7, 11) is 2.02. The maximum atomic E-state index is 5.68. The first-order chi connectivity index (χ1) is 6.31. The van der Waals surface area contributed by atoms with Crippen LogP contribution in [0.4, 0.5) is 0 Å². The van der Waals surface area contributed by atoms with Crippen molar-refractivity contribution in [3.8, 4) is 10.6 Å². The highest BCUT2D eigenvalue weighted by Gasteiger charge is 2.05. The van der Waals surface area contributed by atoms with Crippen LogP contribution < -0.4 is 0 Å². The summed E-state index contributed by atoms with van der Waals surface area (Å²) >= 11 is 7.32. The van der Waals surface area contributed by atoms with E-state index in [4.69, 9.17) is 11.6 Å². The van der Waals surface area contributed by atoms with E-state index >= 15 is 0 Å². The van der Waals surface area contributed by atoms with Gasteiger partial charge in [-0.25, -0.2) is 4.98 Å². The van der Waals surface area contributed by atoms with Gasteiger partial charge >= 0.3 is 0 Å². The first kappa shape index (κ1) is 8.78. The molecule has 0 unspecified atom stereocenters. The third-order valence-electron chi connectivity index (χ3n) is 1.86. The molecule has 0 saturated heterocycles. The van der Waals surface area contributed by atoms with Crippen molar-refractivity contribution in [1.29, 1.82) is 0 Å². The van der Waals surface area contributed by atoms with Gasteiger partial charge in [-0.05, 0) is 12.1 Å². The van der Waals surface area contributed by atoms with E-state index < -0.39 is 0 Å². The Labute approximate surface area is 85.8 Å². The number of halogens is 1. The quantitative estimate of drug-likeness (QED) is 0.700. The lowest BCUT2D eigenvalue weighted by atomic mass is 10.4. The Morgan fingerprint density at radius 3 is 3.00 bits per heavy atom. The lowest BCUT2D eigenvalue weighted by Crippen LogP contribution is -1.85. The zero-order valence-electron chi connectivity index (χ0n) is 7.20. The molecular weight excluding hydrogens is 204 g/mol. The maximum absolute atomic E-state index is 5.68. The highest BCUT2D eigenvalue weighted by molar-refractivity contribution is 7.15. The monoisotopic (exact) mass is 212 g/mol. The van der Waals surface area contributed by atoms with Gasteiger partial charge in [0.15, 0.2) is 0 Å². The van der Waals surface area contributed by atoms with Gasteiger partial charge in [-0.15, -0.1) is 22.9 Å². The summed E-state index contributed by atoms with van der Waals surface area (Å²) in [4.78, 5) is 5.37. The van der Waals surface area contributed by atoms with Crippen LogP contribution in [0.5, 0.6) is 0 Å². The average Bonchev–Trinajstić information content (AvgIpc) is 2.71. The number of hydrogen-bond donors (Lipinski definition) is 0. The summed E-state index contributed by atoms with van der Waals surface area (Å²) < 4.78 is 2.07. The van der Waals surface area contributed by atoms with E-state index in [2.05, 4.69) is 15.6 Å². The second kappa shape index (κ2) is 3.52. The van der Waals surface area contributed by atoms with Gasteiger partial charge in [0, 0.05) is 19.4 Å². The molecule has 0 spiro atoms. The van der Waals surface area contributed by atoms with E-state index in [9.17, 15) is 0 Å². The second-order valence-corrected chi connectivity index (χ2v) is 4.14. The lowest BCUT2D eigenvalue weighted by Gasteiger charge is -1.97. The van der Waals surface area contributed by atoms with Crippen molar-refractivity contribution in [3.05, 3.63) is 29.5 Å². The predicted molar refractivity (Wildman–Crippen MR) is 56.1 cm³/mol. The fourth-order valence-corrected chi connectivity index (χ4v) is 2.28. The number of aromatic nitrogens is 2. The number of hydrogen-bond acceptors (Lipinski definition) is 2. The molecule has 0 N–H and O–H groups in total. The van der Waals surface area contributed by atoms with Crippen LogP contribution in [0, 0.1) is 0 Å². The maximum Gasteiger partial charge on any atom is 0.108 e. The molecule has 0 bridgehead atoms. The minimum Gasteiger partial charge on any atom is -0.350 e. The van der Waals surface area contributed by atoms with Crippen LogP contribution in [0.25, 0.3) is 10.6 Å². The van der Waals surface area contributed by atoms with Crippen molar-refractivity contribution in [3.63, 3.8) is 0 Å². The third-order valence-corrected chi connectivity index (χ3v) is 3.30. The molecule has 0 amide bonds. The first-order valence-electron chi connectivity index (χ1n) is 3.93. The fourth-order valence-electron chi connectivity index (χ4n) is 1.21. The van der Waals surface area contributed by atoms with Crippen LogP contribution >= 0.6 is 22.9 Å². The summed E-state index contributed by atoms with van der Waals surface area (Å²) in [5.74, 6) is 0.495. The van der Waals surface area contributed by atoms with Gasteiger partial charge in [0.05, 0.1) is 16.5 Å². The molecule has 0 aromatic carbocycles. The van der Waals surface area contributed by atoms with Crippen molar-refractivity contribution in [2.24, 2.45) is 7.05 Å².